The topological polar surface area (TPSA) is 12.9 Å². The third-order valence-corrected chi connectivity index (χ3v) is 2.19. The molecule has 0 N–H and O–H groups in total. The highest BCUT2D eigenvalue weighted by Gasteiger charge is 2.34. The fourth-order valence-electron chi connectivity index (χ4n) is 1.45. The van der Waals surface area contributed by atoms with Crippen LogP contribution in [0.2, 0.25) is 0 Å². The van der Waals surface area contributed by atoms with Crippen LogP contribution >= 0.6 is 0 Å². The van der Waals surface area contributed by atoms with Crippen molar-refractivity contribution in [2.75, 3.05) is 0 Å². The first-order chi connectivity index (χ1) is 7.07. The molecule has 0 aromatic carbocycles. The normalized spacial score (nSPS) is 16.2. The van der Waals surface area contributed by atoms with Crippen molar-refractivity contribution < 1.29 is 13.2 Å². The SMILES string of the molecule is FC(F)(F)C1=CCC(c2ccccn2)=C1. The van der Waals surface area contributed by atoms with Crippen LogP contribution < -0.4 is 0 Å². The van der Waals surface area contributed by atoms with Gasteiger partial charge in [-0.2, -0.15) is 13.2 Å². The van der Waals surface area contributed by atoms with Crippen LogP contribution in [0.1, 0.15) is 12.1 Å². The van der Waals surface area contributed by atoms with Crippen molar-refractivity contribution in [1.82, 2.24) is 4.98 Å². The summed E-state index contributed by atoms with van der Waals surface area (Å²) in [5.41, 5.74) is 0.638. The first-order valence-electron chi connectivity index (χ1n) is 4.47. The Labute approximate surface area is 85.0 Å². The lowest BCUT2D eigenvalue weighted by Crippen LogP contribution is -2.08. The van der Waals surface area contributed by atoms with Gasteiger partial charge in [0.2, 0.25) is 0 Å². The Hall–Kier alpha value is -1.58. The van der Waals surface area contributed by atoms with Gasteiger partial charge in [-0.25, -0.2) is 0 Å². The summed E-state index contributed by atoms with van der Waals surface area (Å²) in [5.74, 6) is 0. The van der Waals surface area contributed by atoms with Gasteiger partial charge >= 0.3 is 6.18 Å². The van der Waals surface area contributed by atoms with E-state index < -0.39 is 11.7 Å². The molecule has 0 saturated carbocycles. The average molecular weight is 211 g/mol. The van der Waals surface area contributed by atoms with Crippen molar-refractivity contribution in [1.29, 1.82) is 0 Å². The second-order valence-corrected chi connectivity index (χ2v) is 3.25. The van der Waals surface area contributed by atoms with Crippen LogP contribution in [0.5, 0.6) is 0 Å². The lowest BCUT2D eigenvalue weighted by atomic mass is 10.1. The van der Waals surface area contributed by atoms with Gasteiger partial charge < -0.3 is 0 Å². The van der Waals surface area contributed by atoms with Gasteiger partial charge in [0.25, 0.3) is 0 Å². The van der Waals surface area contributed by atoms with E-state index in [0.29, 0.717) is 17.7 Å². The lowest BCUT2D eigenvalue weighted by molar-refractivity contribution is -0.0880. The lowest BCUT2D eigenvalue weighted by Gasteiger charge is -2.03. The van der Waals surface area contributed by atoms with Gasteiger partial charge in [0.15, 0.2) is 0 Å². The molecular formula is C11H8F3N. The molecule has 1 aliphatic carbocycles. The molecule has 0 radical (unpaired) electrons. The first kappa shape index (κ1) is 9.96. The third kappa shape index (κ3) is 2.09. The molecule has 1 aliphatic rings. The molecule has 0 amide bonds. The monoisotopic (exact) mass is 211 g/mol. The fraction of sp³-hybridized carbons (Fsp3) is 0.182. The minimum Gasteiger partial charge on any atom is -0.257 e. The molecule has 1 aromatic heterocycles. The summed E-state index contributed by atoms with van der Waals surface area (Å²) < 4.78 is 36.9. The van der Waals surface area contributed by atoms with Crippen LogP contribution in [-0.2, 0) is 0 Å². The largest absolute Gasteiger partial charge is 0.416 e. The number of alkyl halides is 3. The van der Waals surface area contributed by atoms with Crippen LogP contribution in [0, 0.1) is 0 Å². The minimum absolute atomic E-state index is 0.297. The van der Waals surface area contributed by atoms with Crippen molar-refractivity contribution in [2.45, 2.75) is 12.6 Å². The van der Waals surface area contributed by atoms with Gasteiger partial charge in [-0.3, -0.25) is 4.98 Å². The van der Waals surface area contributed by atoms with Crippen LogP contribution in [0.3, 0.4) is 0 Å². The highest BCUT2D eigenvalue weighted by molar-refractivity contribution is 5.70. The maximum Gasteiger partial charge on any atom is 0.416 e. The average Bonchev–Trinajstić information content (AvgIpc) is 2.67. The molecule has 0 fully saturated rings. The number of nitrogens with zero attached hydrogens (tertiary/aromatic N) is 1. The fourth-order valence-corrected chi connectivity index (χ4v) is 1.45. The second-order valence-electron chi connectivity index (χ2n) is 3.25. The number of rotatable bonds is 1. The maximum atomic E-state index is 12.3. The van der Waals surface area contributed by atoms with Crippen LogP contribution in [-0.4, -0.2) is 11.2 Å². The Bertz CT molecular complexity index is 415. The Morgan fingerprint density at radius 3 is 2.53 bits per heavy atom. The molecule has 2 rings (SSSR count). The molecule has 4 heteroatoms. The zero-order chi connectivity index (χ0) is 10.9. The summed E-state index contributed by atoms with van der Waals surface area (Å²) in [6.45, 7) is 0. The van der Waals surface area contributed by atoms with E-state index in [9.17, 15) is 13.2 Å². The molecule has 0 atom stereocenters. The van der Waals surface area contributed by atoms with Crippen molar-refractivity contribution in [2.24, 2.45) is 0 Å². The molecular weight excluding hydrogens is 203 g/mol. The predicted octanol–water partition coefficient (Wildman–Crippen LogP) is 3.36. The zero-order valence-electron chi connectivity index (χ0n) is 7.75. The summed E-state index contributed by atoms with van der Waals surface area (Å²) in [6.07, 6.45) is -0.0451. The van der Waals surface area contributed by atoms with Gasteiger partial charge in [0.05, 0.1) is 11.3 Å². The van der Waals surface area contributed by atoms with E-state index in [4.69, 9.17) is 0 Å². The third-order valence-electron chi connectivity index (χ3n) is 2.19. The summed E-state index contributed by atoms with van der Waals surface area (Å²) >= 11 is 0. The molecule has 15 heavy (non-hydrogen) atoms. The van der Waals surface area contributed by atoms with Gasteiger partial charge in [-0.05, 0) is 30.2 Å². The van der Waals surface area contributed by atoms with Gasteiger partial charge in [-0.1, -0.05) is 12.1 Å². The van der Waals surface area contributed by atoms with E-state index in [-0.39, 0.29) is 0 Å². The van der Waals surface area contributed by atoms with E-state index in [0.717, 1.165) is 6.08 Å². The number of allylic oxidation sites excluding steroid dienone is 4. The molecule has 0 saturated heterocycles. The van der Waals surface area contributed by atoms with E-state index >= 15 is 0 Å². The number of aromatic nitrogens is 1. The molecule has 0 unspecified atom stereocenters. The van der Waals surface area contributed by atoms with Gasteiger partial charge in [0, 0.05) is 6.20 Å². The summed E-state index contributed by atoms with van der Waals surface area (Å²) in [4.78, 5) is 4.01. The van der Waals surface area contributed by atoms with E-state index in [2.05, 4.69) is 4.98 Å². The van der Waals surface area contributed by atoms with Crippen molar-refractivity contribution in [3.8, 4) is 0 Å². The van der Waals surface area contributed by atoms with Crippen molar-refractivity contribution in [3.63, 3.8) is 0 Å². The number of pyridine rings is 1. The highest BCUT2D eigenvalue weighted by atomic mass is 19.4. The maximum absolute atomic E-state index is 12.3. The van der Waals surface area contributed by atoms with Crippen LogP contribution in [0.4, 0.5) is 13.2 Å². The van der Waals surface area contributed by atoms with Crippen molar-refractivity contribution >= 4 is 5.57 Å². The molecule has 1 nitrogen and oxygen atoms in total. The standard InChI is InChI=1S/C11H8F3N/c12-11(13,14)9-5-4-8(7-9)10-3-1-2-6-15-10/h1-3,5-7H,4H2. The number of hydrogen-bond acceptors (Lipinski definition) is 1. The predicted molar refractivity (Wildman–Crippen MR) is 51.0 cm³/mol. The molecule has 78 valence electrons. The zero-order valence-corrected chi connectivity index (χ0v) is 7.75. The molecule has 1 aromatic rings. The molecule has 1 heterocycles. The Morgan fingerprint density at radius 2 is 2.00 bits per heavy atom. The summed E-state index contributed by atoms with van der Waals surface area (Å²) in [7, 11) is 0. The van der Waals surface area contributed by atoms with E-state index in [1.807, 2.05) is 0 Å². The quantitative estimate of drug-likeness (QED) is 0.694. The van der Waals surface area contributed by atoms with E-state index in [1.54, 1.807) is 24.4 Å². The Kier molecular flexibility index (Phi) is 2.34. The number of hydrogen-bond donors (Lipinski definition) is 0. The molecule has 0 bridgehead atoms. The number of halogens is 3. The smallest absolute Gasteiger partial charge is 0.257 e. The molecule has 0 spiro atoms. The van der Waals surface area contributed by atoms with Gasteiger partial charge in [-0.15, -0.1) is 0 Å². The van der Waals surface area contributed by atoms with Gasteiger partial charge in [0.1, 0.15) is 0 Å². The summed E-state index contributed by atoms with van der Waals surface area (Å²) in [5, 5.41) is 0. The first-order valence-corrected chi connectivity index (χ1v) is 4.47. The Balaban J connectivity index is 2.25. The van der Waals surface area contributed by atoms with Crippen LogP contribution in [0.25, 0.3) is 5.57 Å². The van der Waals surface area contributed by atoms with Crippen molar-refractivity contribution in [3.05, 3.63) is 47.8 Å². The minimum atomic E-state index is -4.25. The second kappa shape index (κ2) is 3.53. The van der Waals surface area contributed by atoms with E-state index in [1.165, 1.54) is 6.08 Å². The summed E-state index contributed by atoms with van der Waals surface area (Å²) in [6, 6.07) is 5.20. The Morgan fingerprint density at radius 1 is 1.20 bits per heavy atom. The van der Waals surface area contributed by atoms with Crippen LogP contribution in [0.15, 0.2) is 42.1 Å². The highest BCUT2D eigenvalue weighted by Crippen LogP contribution is 2.35. The molecule has 0 aliphatic heterocycles.